The quantitative estimate of drug-likeness (QED) is 0.326. The van der Waals surface area contributed by atoms with Crippen LogP contribution in [-0.2, 0) is 20.9 Å². The SMILES string of the molecule is CC(C(=O)NCC(F)(F)F)c1cc(F)c(NC(=O)[C@@H](NC(=O)OC(C)(C)C)C(C2CC2)C2CC2)cc1CO. The van der Waals surface area contributed by atoms with Crippen LogP contribution in [0.4, 0.5) is 28.0 Å². The predicted molar refractivity (Wildman–Crippen MR) is 131 cm³/mol. The van der Waals surface area contributed by atoms with Gasteiger partial charge in [-0.05, 0) is 94.4 Å². The van der Waals surface area contributed by atoms with Crippen LogP contribution < -0.4 is 16.0 Å². The summed E-state index contributed by atoms with van der Waals surface area (Å²) in [6.45, 7) is 4.17. The summed E-state index contributed by atoms with van der Waals surface area (Å²) in [5.74, 6) is -3.41. The van der Waals surface area contributed by atoms with Gasteiger partial charge >= 0.3 is 12.3 Å². The van der Waals surface area contributed by atoms with Gasteiger partial charge in [-0.25, -0.2) is 9.18 Å². The van der Waals surface area contributed by atoms with Crippen molar-refractivity contribution in [3.05, 3.63) is 29.1 Å². The van der Waals surface area contributed by atoms with Crippen LogP contribution in [0.25, 0.3) is 0 Å². The summed E-state index contributed by atoms with van der Waals surface area (Å²) < 4.78 is 57.8. The fourth-order valence-electron chi connectivity index (χ4n) is 4.62. The van der Waals surface area contributed by atoms with E-state index in [-0.39, 0.29) is 34.6 Å². The predicted octanol–water partition coefficient (Wildman–Crippen LogP) is 4.37. The van der Waals surface area contributed by atoms with Crippen molar-refractivity contribution in [3.63, 3.8) is 0 Å². The highest BCUT2D eigenvalue weighted by Crippen LogP contribution is 2.51. The molecule has 0 heterocycles. The van der Waals surface area contributed by atoms with E-state index in [0.717, 1.165) is 37.8 Å². The van der Waals surface area contributed by atoms with Crippen LogP contribution in [0, 0.1) is 23.6 Å². The van der Waals surface area contributed by atoms with Gasteiger partial charge in [0.15, 0.2) is 0 Å². The van der Waals surface area contributed by atoms with E-state index in [1.165, 1.54) is 6.92 Å². The molecule has 0 spiro atoms. The maximum atomic E-state index is 15.1. The Balaban J connectivity index is 1.81. The van der Waals surface area contributed by atoms with Crippen molar-refractivity contribution in [2.75, 3.05) is 11.9 Å². The zero-order chi connectivity index (χ0) is 28.4. The van der Waals surface area contributed by atoms with Crippen molar-refractivity contribution in [1.29, 1.82) is 0 Å². The summed E-state index contributed by atoms with van der Waals surface area (Å²) in [7, 11) is 0. The van der Waals surface area contributed by atoms with Crippen molar-refractivity contribution in [1.82, 2.24) is 10.6 Å². The van der Waals surface area contributed by atoms with Gasteiger partial charge in [0.05, 0.1) is 18.2 Å². The first kappa shape index (κ1) is 29.7. The number of alkyl halides is 3. The number of alkyl carbamates (subject to hydrolysis) is 1. The average molecular weight is 546 g/mol. The Morgan fingerprint density at radius 3 is 2.11 bits per heavy atom. The van der Waals surface area contributed by atoms with E-state index in [9.17, 15) is 32.7 Å². The Kier molecular flexibility index (Phi) is 8.95. The lowest BCUT2D eigenvalue weighted by Gasteiger charge is -2.29. The molecule has 2 atom stereocenters. The average Bonchev–Trinajstić information content (AvgIpc) is 3.71. The minimum atomic E-state index is -4.61. The summed E-state index contributed by atoms with van der Waals surface area (Å²) in [5.41, 5.74) is -1.03. The number of rotatable bonds is 10. The van der Waals surface area contributed by atoms with E-state index in [1.54, 1.807) is 26.1 Å². The zero-order valence-corrected chi connectivity index (χ0v) is 21.9. The first-order valence-electron chi connectivity index (χ1n) is 12.7. The molecule has 0 bridgehead atoms. The number of carbonyl (C=O) groups excluding carboxylic acids is 3. The highest BCUT2D eigenvalue weighted by Gasteiger charge is 2.48. The van der Waals surface area contributed by atoms with Crippen LogP contribution in [0.3, 0.4) is 0 Å². The molecule has 2 aliphatic rings. The van der Waals surface area contributed by atoms with Crippen LogP contribution >= 0.6 is 0 Å². The van der Waals surface area contributed by atoms with Crippen LogP contribution in [-0.4, -0.2) is 47.4 Å². The molecule has 0 radical (unpaired) electrons. The summed E-state index contributed by atoms with van der Waals surface area (Å²) >= 11 is 0. The van der Waals surface area contributed by atoms with Gasteiger partial charge in [-0.15, -0.1) is 0 Å². The number of amides is 3. The lowest BCUT2D eigenvalue weighted by atomic mass is 9.88. The van der Waals surface area contributed by atoms with Crippen LogP contribution in [0.5, 0.6) is 0 Å². The maximum absolute atomic E-state index is 15.1. The zero-order valence-electron chi connectivity index (χ0n) is 21.9. The third-order valence-corrected chi connectivity index (χ3v) is 6.65. The second-order valence-corrected chi connectivity index (χ2v) is 11.1. The van der Waals surface area contributed by atoms with Crippen LogP contribution in [0.2, 0.25) is 0 Å². The molecule has 4 N–H and O–H groups in total. The summed E-state index contributed by atoms with van der Waals surface area (Å²) in [5, 5.41) is 16.7. The van der Waals surface area contributed by atoms with Crippen molar-refractivity contribution in [2.24, 2.45) is 17.8 Å². The number of aliphatic hydroxyl groups excluding tert-OH is 1. The Labute approximate surface area is 218 Å². The van der Waals surface area contributed by atoms with Gasteiger partial charge in [-0.3, -0.25) is 9.59 Å². The Morgan fingerprint density at radius 2 is 1.63 bits per heavy atom. The normalized spacial score (nSPS) is 17.5. The van der Waals surface area contributed by atoms with Gasteiger partial charge in [0.25, 0.3) is 0 Å². The lowest BCUT2D eigenvalue weighted by molar-refractivity contribution is -0.139. The van der Waals surface area contributed by atoms with Gasteiger partial charge in [0, 0.05) is 0 Å². The molecule has 0 saturated heterocycles. The molecule has 2 aliphatic carbocycles. The molecule has 1 unspecified atom stereocenters. The second kappa shape index (κ2) is 11.5. The molecule has 2 fully saturated rings. The minimum absolute atomic E-state index is 0.0139. The Hall–Kier alpha value is -2.89. The topological polar surface area (TPSA) is 117 Å². The molecule has 1 aromatic carbocycles. The molecule has 3 rings (SSSR count). The molecule has 2 saturated carbocycles. The van der Waals surface area contributed by atoms with Gasteiger partial charge < -0.3 is 25.8 Å². The second-order valence-electron chi connectivity index (χ2n) is 11.1. The van der Waals surface area contributed by atoms with Crippen molar-refractivity contribution < 1.29 is 41.8 Å². The molecule has 212 valence electrons. The minimum Gasteiger partial charge on any atom is -0.444 e. The molecule has 8 nitrogen and oxygen atoms in total. The van der Waals surface area contributed by atoms with Gasteiger partial charge in [-0.1, -0.05) is 0 Å². The van der Waals surface area contributed by atoms with E-state index in [2.05, 4.69) is 10.6 Å². The summed E-state index contributed by atoms with van der Waals surface area (Å²) in [6.07, 6.45) is -1.69. The lowest BCUT2D eigenvalue weighted by Crippen LogP contribution is -2.51. The molecule has 0 aliphatic heterocycles. The van der Waals surface area contributed by atoms with Crippen molar-refractivity contribution in [3.8, 4) is 0 Å². The smallest absolute Gasteiger partial charge is 0.408 e. The van der Waals surface area contributed by atoms with Crippen molar-refractivity contribution in [2.45, 2.75) is 83.7 Å². The third-order valence-electron chi connectivity index (χ3n) is 6.65. The molecular formula is C26H35F4N3O5. The molecule has 12 heteroatoms. The maximum Gasteiger partial charge on any atom is 0.408 e. The van der Waals surface area contributed by atoms with E-state index >= 15 is 4.39 Å². The fraction of sp³-hybridized carbons (Fsp3) is 0.654. The van der Waals surface area contributed by atoms with E-state index in [1.807, 2.05) is 0 Å². The number of ether oxygens (including phenoxy) is 1. The third kappa shape index (κ3) is 8.31. The number of aliphatic hydroxyl groups is 1. The summed E-state index contributed by atoms with van der Waals surface area (Å²) in [4.78, 5) is 38.2. The van der Waals surface area contributed by atoms with Gasteiger partial charge in [-0.2, -0.15) is 13.2 Å². The monoisotopic (exact) mass is 545 g/mol. The number of anilines is 1. The van der Waals surface area contributed by atoms with E-state index in [0.29, 0.717) is 0 Å². The number of halogens is 4. The molecule has 3 amide bonds. The number of carbonyl (C=O) groups is 3. The summed E-state index contributed by atoms with van der Waals surface area (Å²) in [6, 6.07) is 1.08. The van der Waals surface area contributed by atoms with Gasteiger partial charge in [0.1, 0.15) is 24.0 Å². The van der Waals surface area contributed by atoms with E-state index < -0.39 is 60.6 Å². The van der Waals surface area contributed by atoms with Crippen molar-refractivity contribution >= 4 is 23.6 Å². The number of hydrogen-bond donors (Lipinski definition) is 4. The van der Waals surface area contributed by atoms with E-state index in [4.69, 9.17) is 4.74 Å². The number of nitrogens with one attached hydrogen (secondary N) is 3. The van der Waals surface area contributed by atoms with Gasteiger partial charge in [0.2, 0.25) is 11.8 Å². The Bertz CT molecular complexity index is 1040. The first-order valence-corrected chi connectivity index (χ1v) is 12.7. The van der Waals surface area contributed by atoms with Crippen LogP contribution in [0.15, 0.2) is 12.1 Å². The highest BCUT2D eigenvalue weighted by atomic mass is 19.4. The molecule has 0 aromatic heterocycles. The largest absolute Gasteiger partial charge is 0.444 e. The molecular weight excluding hydrogens is 510 g/mol. The number of benzene rings is 1. The highest BCUT2D eigenvalue weighted by molar-refractivity contribution is 5.97. The molecule has 1 aromatic rings. The Morgan fingerprint density at radius 1 is 1.05 bits per heavy atom. The first-order chi connectivity index (χ1) is 17.6. The standard InChI is InChI=1S/C26H35F4N3O5/c1-13(22(35)31-12-26(28,29)30)17-10-18(27)19(9-16(17)11-34)32-23(36)21(33-24(37)38-25(2,3)4)20(14-5-6-14)15-7-8-15/h9-10,13-15,20-21,34H,5-8,11-12H2,1-4H3,(H,31,35)(H,32,36)(H,33,37)/t13?,21-/m0/s1. The molecule has 38 heavy (non-hydrogen) atoms. The number of hydrogen-bond acceptors (Lipinski definition) is 5. The fourth-order valence-corrected chi connectivity index (χ4v) is 4.62. The van der Waals surface area contributed by atoms with Crippen LogP contribution in [0.1, 0.15) is 70.4 Å².